The van der Waals surface area contributed by atoms with Crippen molar-refractivity contribution in [3.63, 3.8) is 0 Å². The molecule has 2 aromatic rings. The Morgan fingerprint density at radius 1 is 1.06 bits per heavy atom. The molecule has 0 aliphatic rings. The predicted octanol–water partition coefficient (Wildman–Crippen LogP) is 4.79. The van der Waals surface area contributed by atoms with Crippen LogP contribution in [0.4, 0.5) is 4.79 Å². The highest BCUT2D eigenvalue weighted by atomic mass is 35.5. The fourth-order valence-corrected chi connectivity index (χ4v) is 3.65. The number of nitrogens with one attached hydrogen (secondary N) is 1. The topological polar surface area (TPSA) is 97.3 Å². The minimum absolute atomic E-state index is 0.0636. The lowest BCUT2D eigenvalue weighted by molar-refractivity contribution is -0.146. The molecule has 3 N–H and O–H groups in total. The minimum atomic E-state index is -1.78. The van der Waals surface area contributed by atoms with Crippen molar-refractivity contribution in [3.05, 3.63) is 58.1 Å². The number of methoxy groups -OCH3 is 1. The van der Waals surface area contributed by atoms with Gasteiger partial charge in [0, 0.05) is 18.6 Å². The Hall–Kier alpha value is -2.19. The number of benzene rings is 2. The first kappa shape index (κ1) is 27.1. The van der Waals surface area contributed by atoms with Gasteiger partial charge in [-0.1, -0.05) is 50.0 Å². The summed E-state index contributed by atoms with van der Waals surface area (Å²) in [6.07, 6.45) is -1.37. The molecule has 0 spiro atoms. The van der Waals surface area contributed by atoms with Gasteiger partial charge in [-0.05, 0) is 48.4 Å². The Morgan fingerprint density at radius 2 is 1.70 bits per heavy atom. The summed E-state index contributed by atoms with van der Waals surface area (Å²) in [6.45, 7) is 5.46. The smallest absolute Gasteiger partial charge is 0.407 e. The molecule has 33 heavy (non-hydrogen) atoms. The van der Waals surface area contributed by atoms with Gasteiger partial charge >= 0.3 is 6.09 Å². The molecule has 1 amide bonds. The van der Waals surface area contributed by atoms with E-state index in [4.69, 9.17) is 42.5 Å². The van der Waals surface area contributed by atoms with Crippen molar-refractivity contribution < 1.29 is 29.2 Å². The summed E-state index contributed by atoms with van der Waals surface area (Å²) in [6, 6.07) is 11.6. The molecule has 0 radical (unpaired) electrons. The van der Waals surface area contributed by atoms with Crippen LogP contribution in [0.3, 0.4) is 0 Å². The first-order valence-corrected chi connectivity index (χ1v) is 11.3. The summed E-state index contributed by atoms with van der Waals surface area (Å²) in [5.41, 5.74) is -2.09. The average molecular weight is 500 g/mol. The van der Waals surface area contributed by atoms with E-state index < -0.39 is 23.2 Å². The second kappa shape index (κ2) is 11.8. The van der Waals surface area contributed by atoms with Gasteiger partial charge < -0.3 is 29.7 Å². The van der Waals surface area contributed by atoms with Crippen molar-refractivity contribution in [2.45, 2.75) is 38.9 Å². The molecule has 2 aromatic carbocycles. The Labute approximate surface area is 204 Å². The molecule has 0 saturated heterocycles. The first-order chi connectivity index (χ1) is 15.5. The van der Waals surface area contributed by atoms with Gasteiger partial charge in [0.1, 0.15) is 24.2 Å². The molecule has 0 heterocycles. The second-order valence-electron chi connectivity index (χ2n) is 8.67. The second-order valence-corrected chi connectivity index (χ2v) is 9.49. The quantitative estimate of drug-likeness (QED) is 0.406. The molecule has 0 saturated carbocycles. The highest BCUT2D eigenvalue weighted by Crippen LogP contribution is 2.40. The van der Waals surface area contributed by atoms with E-state index >= 15 is 0 Å². The standard InChI is InChI=1S/C24H31Cl2NO6/c1-23(2,3)21(33-22(29)27-12-5-13-28)24(30,16-6-11-19(25)20(26)14-16)15-32-18-9-7-17(31-4)8-10-18/h6-11,14,21,28,30H,5,12-13,15H2,1-4H3,(H,27,29). The molecular formula is C24H31Cl2NO6. The first-order valence-electron chi connectivity index (χ1n) is 10.5. The van der Waals surface area contributed by atoms with Crippen LogP contribution in [0.15, 0.2) is 42.5 Å². The van der Waals surface area contributed by atoms with E-state index in [0.29, 0.717) is 28.5 Å². The minimum Gasteiger partial charge on any atom is -0.497 e. The molecule has 9 heteroatoms. The lowest BCUT2D eigenvalue weighted by Crippen LogP contribution is -2.54. The number of amides is 1. The van der Waals surface area contributed by atoms with E-state index in [2.05, 4.69) is 5.32 Å². The van der Waals surface area contributed by atoms with Crippen molar-refractivity contribution in [2.24, 2.45) is 5.41 Å². The van der Waals surface area contributed by atoms with Gasteiger partial charge in [0.05, 0.1) is 17.2 Å². The van der Waals surface area contributed by atoms with Gasteiger partial charge in [-0.15, -0.1) is 0 Å². The van der Waals surface area contributed by atoms with E-state index in [1.54, 1.807) is 43.5 Å². The summed E-state index contributed by atoms with van der Waals surface area (Å²) >= 11 is 12.3. The summed E-state index contributed by atoms with van der Waals surface area (Å²) in [7, 11) is 1.57. The van der Waals surface area contributed by atoms with Crippen molar-refractivity contribution in [1.29, 1.82) is 0 Å². The van der Waals surface area contributed by atoms with E-state index in [1.165, 1.54) is 6.07 Å². The number of hydrogen-bond acceptors (Lipinski definition) is 6. The largest absolute Gasteiger partial charge is 0.497 e. The number of hydrogen-bond donors (Lipinski definition) is 3. The molecule has 2 unspecified atom stereocenters. The van der Waals surface area contributed by atoms with Crippen LogP contribution in [0, 0.1) is 5.41 Å². The normalized spacial score (nSPS) is 14.2. The number of ether oxygens (including phenoxy) is 3. The zero-order valence-corrected chi connectivity index (χ0v) is 20.7. The van der Waals surface area contributed by atoms with Crippen molar-refractivity contribution in [3.8, 4) is 11.5 Å². The van der Waals surface area contributed by atoms with E-state index in [9.17, 15) is 9.90 Å². The highest BCUT2D eigenvalue weighted by Gasteiger charge is 2.49. The molecule has 2 atom stereocenters. The van der Waals surface area contributed by atoms with Crippen LogP contribution in [0.1, 0.15) is 32.8 Å². The molecule has 0 bridgehead atoms. The summed E-state index contributed by atoms with van der Waals surface area (Å²) < 4.78 is 16.8. The van der Waals surface area contributed by atoms with Crippen LogP contribution in [-0.2, 0) is 10.3 Å². The predicted molar refractivity (Wildman–Crippen MR) is 128 cm³/mol. The lowest BCUT2D eigenvalue weighted by Gasteiger charge is -2.42. The maximum atomic E-state index is 12.5. The van der Waals surface area contributed by atoms with Crippen molar-refractivity contribution in [1.82, 2.24) is 5.32 Å². The Bertz CT molecular complexity index is 916. The lowest BCUT2D eigenvalue weighted by atomic mass is 9.75. The van der Waals surface area contributed by atoms with Crippen molar-refractivity contribution in [2.75, 3.05) is 26.9 Å². The van der Waals surface area contributed by atoms with E-state index in [0.717, 1.165) is 0 Å². The molecule has 0 aliphatic heterocycles. The average Bonchev–Trinajstić information content (AvgIpc) is 2.77. The van der Waals surface area contributed by atoms with Gasteiger partial charge in [-0.3, -0.25) is 0 Å². The summed E-state index contributed by atoms with van der Waals surface area (Å²) in [5.74, 6) is 1.16. The zero-order valence-electron chi connectivity index (χ0n) is 19.2. The molecule has 0 aliphatic carbocycles. The number of aliphatic hydroxyl groups excluding tert-OH is 1. The maximum Gasteiger partial charge on any atom is 0.407 e. The Kier molecular flexibility index (Phi) is 9.67. The van der Waals surface area contributed by atoms with Crippen LogP contribution in [0.5, 0.6) is 11.5 Å². The van der Waals surface area contributed by atoms with Crippen LogP contribution >= 0.6 is 23.2 Å². The van der Waals surface area contributed by atoms with Crippen LogP contribution in [-0.4, -0.2) is 49.3 Å². The van der Waals surface area contributed by atoms with E-state index in [-0.39, 0.29) is 24.8 Å². The molecule has 0 fully saturated rings. The number of halogens is 2. The van der Waals surface area contributed by atoms with Gasteiger partial charge in [0.15, 0.2) is 5.60 Å². The number of alkyl carbamates (subject to hydrolysis) is 1. The molecule has 7 nitrogen and oxygen atoms in total. The fourth-order valence-electron chi connectivity index (χ4n) is 3.35. The SMILES string of the molecule is COc1ccc(OCC(O)(c2ccc(Cl)c(Cl)c2)C(OC(=O)NCCCO)C(C)(C)C)cc1. The molecule has 2 rings (SSSR count). The molecule has 182 valence electrons. The number of rotatable bonds is 10. The number of aliphatic hydroxyl groups is 2. The monoisotopic (exact) mass is 499 g/mol. The Morgan fingerprint density at radius 3 is 2.24 bits per heavy atom. The molecular weight excluding hydrogens is 469 g/mol. The maximum absolute atomic E-state index is 12.5. The third-order valence-corrected chi connectivity index (χ3v) is 5.73. The van der Waals surface area contributed by atoms with E-state index in [1.807, 2.05) is 20.8 Å². The molecule has 0 aromatic heterocycles. The van der Waals surface area contributed by atoms with Crippen LogP contribution < -0.4 is 14.8 Å². The van der Waals surface area contributed by atoms with Crippen molar-refractivity contribution >= 4 is 29.3 Å². The zero-order chi connectivity index (χ0) is 24.6. The summed E-state index contributed by atoms with van der Waals surface area (Å²) in [4.78, 5) is 12.5. The number of carbonyl (C=O) groups is 1. The van der Waals surface area contributed by atoms with Gasteiger partial charge in [0.25, 0.3) is 0 Å². The Balaban J connectivity index is 2.42. The fraction of sp³-hybridized carbons (Fsp3) is 0.458. The highest BCUT2D eigenvalue weighted by molar-refractivity contribution is 6.42. The summed E-state index contributed by atoms with van der Waals surface area (Å²) in [5, 5.41) is 24.1. The third kappa shape index (κ3) is 7.40. The van der Waals surface area contributed by atoms with Gasteiger partial charge in [-0.25, -0.2) is 4.79 Å². The van der Waals surface area contributed by atoms with Gasteiger partial charge in [0.2, 0.25) is 0 Å². The van der Waals surface area contributed by atoms with Gasteiger partial charge in [-0.2, -0.15) is 0 Å². The number of carbonyl (C=O) groups excluding carboxylic acids is 1. The third-order valence-electron chi connectivity index (χ3n) is 4.99. The van der Waals surface area contributed by atoms with Crippen LogP contribution in [0.25, 0.3) is 0 Å². The van der Waals surface area contributed by atoms with Crippen LogP contribution in [0.2, 0.25) is 10.0 Å².